The van der Waals surface area contributed by atoms with Crippen molar-refractivity contribution in [2.24, 2.45) is 0 Å². The van der Waals surface area contributed by atoms with Crippen LogP contribution in [0.3, 0.4) is 0 Å². The molecule has 0 atom stereocenters. The normalized spacial score (nSPS) is 14.1. The summed E-state index contributed by atoms with van der Waals surface area (Å²) in [6, 6.07) is 16.4. The Hall–Kier alpha value is -4.20. The first kappa shape index (κ1) is 19.5. The van der Waals surface area contributed by atoms with E-state index in [-0.39, 0.29) is 5.82 Å². The van der Waals surface area contributed by atoms with Crippen LogP contribution < -0.4 is 9.64 Å². The minimum atomic E-state index is -0.347. The summed E-state index contributed by atoms with van der Waals surface area (Å²) in [6.45, 7) is 1.54. The van der Waals surface area contributed by atoms with Gasteiger partial charge in [0.25, 0.3) is 0 Å². The summed E-state index contributed by atoms with van der Waals surface area (Å²) in [7, 11) is 1.68. The third-order valence-corrected chi connectivity index (χ3v) is 6.13. The number of hydrogen-bond donors (Lipinski definition) is 1. The molecular formula is C25H21FN6O. The molecule has 5 aromatic rings. The van der Waals surface area contributed by atoms with E-state index in [1.807, 2.05) is 24.3 Å². The van der Waals surface area contributed by atoms with Gasteiger partial charge in [-0.1, -0.05) is 18.2 Å². The molecule has 2 aromatic carbocycles. The van der Waals surface area contributed by atoms with Gasteiger partial charge in [-0.2, -0.15) is 4.52 Å². The fourth-order valence-electron chi connectivity index (χ4n) is 4.37. The molecule has 7 nitrogen and oxygen atoms in total. The first-order valence-electron chi connectivity index (χ1n) is 10.8. The molecule has 0 saturated carbocycles. The number of nitrogens with one attached hydrogen (secondary N) is 1. The molecule has 0 bridgehead atoms. The Balaban J connectivity index is 1.31. The molecule has 0 saturated heterocycles. The van der Waals surface area contributed by atoms with Crippen molar-refractivity contribution < 1.29 is 9.13 Å². The molecule has 6 rings (SSSR count). The maximum atomic E-state index is 14.3. The third-order valence-electron chi connectivity index (χ3n) is 6.13. The van der Waals surface area contributed by atoms with Gasteiger partial charge in [-0.05, 0) is 54.5 Å². The van der Waals surface area contributed by atoms with E-state index in [2.05, 4.69) is 38.4 Å². The van der Waals surface area contributed by atoms with Crippen LogP contribution >= 0.6 is 0 Å². The monoisotopic (exact) mass is 440 g/mol. The van der Waals surface area contributed by atoms with Gasteiger partial charge in [0.2, 0.25) is 0 Å². The highest BCUT2D eigenvalue weighted by Gasteiger charge is 2.19. The highest BCUT2D eigenvalue weighted by Crippen LogP contribution is 2.32. The number of aromatic nitrogens is 5. The van der Waals surface area contributed by atoms with Crippen molar-refractivity contribution in [3.8, 4) is 17.1 Å². The van der Waals surface area contributed by atoms with Crippen molar-refractivity contribution in [1.29, 1.82) is 0 Å². The van der Waals surface area contributed by atoms with E-state index in [9.17, 15) is 4.39 Å². The van der Waals surface area contributed by atoms with Gasteiger partial charge in [0.1, 0.15) is 17.4 Å². The van der Waals surface area contributed by atoms with E-state index in [0.29, 0.717) is 17.0 Å². The molecule has 8 heteroatoms. The first-order valence-corrected chi connectivity index (χ1v) is 10.8. The van der Waals surface area contributed by atoms with E-state index < -0.39 is 0 Å². The Kier molecular flexibility index (Phi) is 4.57. The van der Waals surface area contributed by atoms with Crippen LogP contribution in [0.15, 0.2) is 66.9 Å². The van der Waals surface area contributed by atoms with Crippen LogP contribution in [-0.2, 0) is 0 Å². The van der Waals surface area contributed by atoms with Crippen molar-refractivity contribution >= 4 is 27.9 Å². The van der Waals surface area contributed by atoms with Crippen molar-refractivity contribution in [2.45, 2.75) is 6.42 Å². The number of rotatable bonds is 4. The second-order valence-electron chi connectivity index (χ2n) is 8.00. The van der Waals surface area contributed by atoms with E-state index in [4.69, 9.17) is 9.84 Å². The Morgan fingerprint density at radius 2 is 1.94 bits per heavy atom. The van der Waals surface area contributed by atoms with Crippen LogP contribution in [0.4, 0.5) is 10.2 Å². The maximum Gasteiger partial charge on any atom is 0.188 e. The zero-order chi connectivity index (χ0) is 22.4. The highest BCUT2D eigenvalue weighted by molar-refractivity contribution is 5.94. The summed E-state index contributed by atoms with van der Waals surface area (Å²) < 4.78 is 21.3. The summed E-state index contributed by atoms with van der Waals surface area (Å²) in [5.41, 5.74) is 4.55. The number of anilines is 1. The standard InChI is InChI=1S/C25H21FN6O/c1-33-17-6-7-22-19(14-17)20(15-27-22)16-10-12-31(13-11-16)24-9-8-23-28-29-25(32(23)30-24)18-4-2-3-5-21(18)26/h2-10,14-15,27H,11-13H2,1H3. The predicted octanol–water partition coefficient (Wildman–Crippen LogP) is 4.71. The summed E-state index contributed by atoms with van der Waals surface area (Å²) in [6.07, 6.45) is 5.18. The van der Waals surface area contributed by atoms with Crippen LogP contribution in [0, 0.1) is 5.82 Å². The van der Waals surface area contributed by atoms with Gasteiger partial charge in [0, 0.05) is 35.8 Å². The lowest BCUT2D eigenvalue weighted by molar-refractivity contribution is 0.415. The number of methoxy groups -OCH3 is 1. The lowest BCUT2D eigenvalue weighted by Crippen LogP contribution is -2.29. The number of benzene rings is 2. The fourth-order valence-corrected chi connectivity index (χ4v) is 4.37. The van der Waals surface area contributed by atoms with Crippen LogP contribution in [0.2, 0.25) is 0 Å². The summed E-state index contributed by atoms with van der Waals surface area (Å²) in [5.74, 6) is 1.69. The number of aromatic amines is 1. The Labute approximate surface area is 189 Å². The molecule has 3 aromatic heterocycles. The molecular weight excluding hydrogens is 419 g/mol. The average molecular weight is 440 g/mol. The minimum Gasteiger partial charge on any atom is -0.497 e. The first-order chi connectivity index (χ1) is 16.2. The van der Waals surface area contributed by atoms with E-state index in [0.717, 1.165) is 42.0 Å². The Morgan fingerprint density at radius 3 is 2.76 bits per heavy atom. The zero-order valence-corrected chi connectivity index (χ0v) is 18.0. The molecule has 33 heavy (non-hydrogen) atoms. The van der Waals surface area contributed by atoms with Crippen LogP contribution in [0.5, 0.6) is 5.75 Å². The van der Waals surface area contributed by atoms with Gasteiger partial charge < -0.3 is 14.6 Å². The number of hydrogen-bond acceptors (Lipinski definition) is 5. The second-order valence-corrected chi connectivity index (χ2v) is 8.00. The quantitative estimate of drug-likeness (QED) is 0.438. The van der Waals surface area contributed by atoms with E-state index in [1.54, 1.807) is 29.8 Å². The van der Waals surface area contributed by atoms with Gasteiger partial charge in [0.15, 0.2) is 11.5 Å². The second kappa shape index (κ2) is 7.74. The number of H-pyrrole nitrogens is 1. The van der Waals surface area contributed by atoms with Gasteiger partial charge >= 0.3 is 0 Å². The molecule has 0 fully saturated rings. The molecule has 0 amide bonds. The fraction of sp³-hybridized carbons (Fsp3) is 0.160. The van der Waals surface area contributed by atoms with Gasteiger partial charge in [0.05, 0.1) is 12.7 Å². The smallest absolute Gasteiger partial charge is 0.188 e. The topological polar surface area (TPSA) is 71.3 Å². The van der Waals surface area contributed by atoms with Crippen molar-refractivity contribution in [2.75, 3.05) is 25.1 Å². The Bertz CT molecular complexity index is 1520. The molecule has 1 aliphatic heterocycles. The van der Waals surface area contributed by atoms with Crippen LogP contribution in [0.25, 0.3) is 33.5 Å². The number of ether oxygens (including phenoxy) is 1. The molecule has 4 heterocycles. The average Bonchev–Trinajstić information content (AvgIpc) is 3.48. The van der Waals surface area contributed by atoms with Gasteiger partial charge in [-0.15, -0.1) is 15.3 Å². The zero-order valence-electron chi connectivity index (χ0n) is 18.0. The largest absolute Gasteiger partial charge is 0.497 e. The van der Waals surface area contributed by atoms with Crippen LogP contribution in [-0.4, -0.2) is 45.0 Å². The van der Waals surface area contributed by atoms with Gasteiger partial charge in [-0.25, -0.2) is 4.39 Å². The minimum absolute atomic E-state index is 0.347. The molecule has 0 spiro atoms. The SMILES string of the molecule is COc1ccc2[nH]cc(C3=CCN(c4ccc5nnc(-c6ccccc6F)n5n4)CC3)c2c1. The molecule has 0 unspecified atom stereocenters. The van der Waals surface area contributed by atoms with Crippen LogP contribution in [0.1, 0.15) is 12.0 Å². The third kappa shape index (κ3) is 3.31. The highest BCUT2D eigenvalue weighted by atomic mass is 19.1. The Morgan fingerprint density at radius 1 is 1.03 bits per heavy atom. The molecule has 164 valence electrons. The number of halogens is 1. The number of nitrogens with zero attached hydrogens (tertiary/aromatic N) is 5. The lowest BCUT2D eigenvalue weighted by Gasteiger charge is -2.27. The maximum absolute atomic E-state index is 14.3. The van der Waals surface area contributed by atoms with Crippen molar-refractivity contribution in [3.05, 3.63) is 78.3 Å². The predicted molar refractivity (Wildman–Crippen MR) is 126 cm³/mol. The van der Waals surface area contributed by atoms with Crippen molar-refractivity contribution in [3.63, 3.8) is 0 Å². The summed E-state index contributed by atoms with van der Waals surface area (Å²) in [5, 5.41) is 14.2. The van der Waals surface area contributed by atoms with Crippen molar-refractivity contribution in [1.82, 2.24) is 24.8 Å². The molecule has 1 aliphatic rings. The molecule has 0 radical (unpaired) electrons. The molecule has 0 aliphatic carbocycles. The van der Waals surface area contributed by atoms with E-state index in [1.165, 1.54) is 17.2 Å². The number of fused-ring (bicyclic) bond motifs is 2. The van der Waals surface area contributed by atoms with Gasteiger partial charge in [-0.3, -0.25) is 0 Å². The lowest BCUT2D eigenvalue weighted by atomic mass is 9.99. The summed E-state index contributed by atoms with van der Waals surface area (Å²) >= 11 is 0. The van der Waals surface area contributed by atoms with E-state index >= 15 is 0 Å². The summed E-state index contributed by atoms with van der Waals surface area (Å²) in [4.78, 5) is 5.55. The molecule has 1 N–H and O–H groups in total.